The Morgan fingerprint density at radius 3 is 2.46 bits per heavy atom. The molecule has 4 nitrogen and oxygen atoms in total. The molecule has 1 amide bonds. The molecule has 0 unspecified atom stereocenters. The van der Waals surface area contributed by atoms with Gasteiger partial charge in [-0.1, -0.05) is 36.1 Å². The summed E-state index contributed by atoms with van der Waals surface area (Å²) in [5.41, 5.74) is 2.66. The van der Waals surface area contributed by atoms with Gasteiger partial charge in [-0.2, -0.15) is 0 Å². The molecule has 0 bridgehead atoms. The topological polar surface area (TPSA) is 43.8 Å². The van der Waals surface area contributed by atoms with E-state index in [1.165, 1.54) is 11.8 Å². The van der Waals surface area contributed by atoms with Gasteiger partial charge in [0.25, 0.3) is 5.91 Å². The third kappa shape index (κ3) is 3.76. The van der Waals surface area contributed by atoms with Crippen molar-refractivity contribution in [2.75, 3.05) is 22.9 Å². The molecule has 6 heteroatoms. The third-order valence-corrected chi connectivity index (χ3v) is 5.50. The summed E-state index contributed by atoms with van der Waals surface area (Å²) in [7, 11) is 0. The number of anilines is 2. The van der Waals surface area contributed by atoms with E-state index >= 15 is 0 Å². The standard InChI is InChI=1S/C20H20N2O2S2/c1-3-21(4-2)15-8-10-16(11-9-15)22-19(24)18(26-20(22)25)13-14-6-5-7-17(23)12-14/h5-13,23H,3-4H2,1-2H3. The Hall–Kier alpha value is -2.31. The van der Waals surface area contributed by atoms with Crippen LogP contribution in [0.2, 0.25) is 0 Å². The molecule has 1 saturated heterocycles. The molecule has 1 aliphatic rings. The zero-order chi connectivity index (χ0) is 18.7. The van der Waals surface area contributed by atoms with Gasteiger partial charge in [0.15, 0.2) is 4.32 Å². The fourth-order valence-electron chi connectivity index (χ4n) is 2.86. The lowest BCUT2D eigenvalue weighted by atomic mass is 10.2. The van der Waals surface area contributed by atoms with Crippen molar-refractivity contribution < 1.29 is 9.90 Å². The molecular formula is C20H20N2O2S2. The van der Waals surface area contributed by atoms with Crippen molar-refractivity contribution in [1.29, 1.82) is 0 Å². The number of hydrogen-bond donors (Lipinski definition) is 1. The molecule has 0 saturated carbocycles. The molecule has 1 fully saturated rings. The predicted octanol–water partition coefficient (Wildman–Crippen LogP) is 4.64. The first-order valence-electron chi connectivity index (χ1n) is 8.45. The van der Waals surface area contributed by atoms with Crippen LogP contribution in [0.3, 0.4) is 0 Å². The smallest absolute Gasteiger partial charge is 0.270 e. The highest BCUT2D eigenvalue weighted by Gasteiger charge is 2.33. The maximum atomic E-state index is 12.8. The number of aromatic hydroxyl groups is 1. The Kier molecular flexibility index (Phi) is 5.64. The molecule has 0 aromatic heterocycles. The van der Waals surface area contributed by atoms with Gasteiger partial charge < -0.3 is 10.0 Å². The average molecular weight is 385 g/mol. The van der Waals surface area contributed by atoms with Crippen LogP contribution < -0.4 is 9.80 Å². The molecule has 1 heterocycles. The first-order chi connectivity index (χ1) is 12.5. The van der Waals surface area contributed by atoms with Crippen LogP contribution in [0, 0.1) is 0 Å². The number of nitrogens with zero attached hydrogens (tertiary/aromatic N) is 2. The first-order valence-corrected chi connectivity index (χ1v) is 9.68. The molecular weight excluding hydrogens is 364 g/mol. The molecule has 0 spiro atoms. The van der Waals surface area contributed by atoms with Crippen molar-refractivity contribution in [3.8, 4) is 5.75 Å². The molecule has 0 radical (unpaired) electrons. The summed E-state index contributed by atoms with van der Waals surface area (Å²) in [5.74, 6) is 0.0279. The van der Waals surface area contributed by atoms with Gasteiger partial charge in [0, 0.05) is 18.8 Å². The number of carbonyl (C=O) groups is 1. The monoisotopic (exact) mass is 384 g/mol. The second kappa shape index (κ2) is 7.93. The minimum absolute atomic E-state index is 0.140. The maximum absolute atomic E-state index is 12.8. The van der Waals surface area contributed by atoms with Crippen LogP contribution in [-0.4, -0.2) is 28.4 Å². The van der Waals surface area contributed by atoms with Gasteiger partial charge in [-0.05, 0) is 61.9 Å². The largest absolute Gasteiger partial charge is 0.508 e. The summed E-state index contributed by atoms with van der Waals surface area (Å²) in [5, 5.41) is 9.59. The Morgan fingerprint density at radius 1 is 1.15 bits per heavy atom. The number of rotatable bonds is 5. The van der Waals surface area contributed by atoms with Gasteiger partial charge in [0.1, 0.15) is 5.75 Å². The summed E-state index contributed by atoms with van der Waals surface area (Å²) in [4.78, 5) is 17.2. The van der Waals surface area contributed by atoms with Crippen molar-refractivity contribution in [2.45, 2.75) is 13.8 Å². The number of benzene rings is 2. The Labute approximate surface area is 163 Å². The molecule has 3 rings (SSSR count). The molecule has 1 N–H and O–H groups in total. The van der Waals surface area contributed by atoms with Crippen LogP contribution in [0.1, 0.15) is 19.4 Å². The molecule has 0 aliphatic carbocycles. The van der Waals surface area contributed by atoms with Gasteiger partial charge in [-0.25, -0.2) is 0 Å². The lowest BCUT2D eigenvalue weighted by Gasteiger charge is -2.22. The zero-order valence-corrected chi connectivity index (χ0v) is 16.3. The Morgan fingerprint density at radius 2 is 1.85 bits per heavy atom. The summed E-state index contributed by atoms with van der Waals surface area (Å²) in [6, 6.07) is 14.7. The number of phenolic OH excluding ortho intramolecular Hbond substituents is 1. The second-order valence-electron chi connectivity index (χ2n) is 5.80. The number of carbonyl (C=O) groups excluding carboxylic acids is 1. The summed E-state index contributed by atoms with van der Waals surface area (Å²) < 4.78 is 0.511. The number of amides is 1. The van der Waals surface area contributed by atoms with E-state index in [9.17, 15) is 9.90 Å². The summed E-state index contributed by atoms with van der Waals surface area (Å²) >= 11 is 6.69. The van der Waals surface area contributed by atoms with Crippen LogP contribution >= 0.6 is 24.0 Å². The average Bonchev–Trinajstić information content (AvgIpc) is 2.90. The van der Waals surface area contributed by atoms with Crippen LogP contribution in [-0.2, 0) is 4.79 Å². The number of thioether (sulfide) groups is 1. The minimum Gasteiger partial charge on any atom is -0.508 e. The van der Waals surface area contributed by atoms with Gasteiger partial charge in [0.2, 0.25) is 0 Å². The Bertz CT molecular complexity index is 858. The van der Waals surface area contributed by atoms with E-state index in [0.717, 1.165) is 30.0 Å². The molecule has 26 heavy (non-hydrogen) atoms. The first kappa shape index (κ1) is 18.5. The summed E-state index contributed by atoms with van der Waals surface area (Å²) in [6.45, 7) is 6.10. The van der Waals surface area contributed by atoms with Crippen molar-refractivity contribution in [1.82, 2.24) is 0 Å². The molecule has 0 atom stereocenters. The van der Waals surface area contributed by atoms with Crippen molar-refractivity contribution in [2.24, 2.45) is 0 Å². The van der Waals surface area contributed by atoms with E-state index in [4.69, 9.17) is 12.2 Å². The van der Waals surface area contributed by atoms with E-state index in [0.29, 0.717) is 9.23 Å². The van der Waals surface area contributed by atoms with E-state index < -0.39 is 0 Å². The van der Waals surface area contributed by atoms with E-state index in [1.807, 2.05) is 30.3 Å². The third-order valence-electron chi connectivity index (χ3n) is 4.20. The predicted molar refractivity (Wildman–Crippen MR) is 114 cm³/mol. The van der Waals surface area contributed by atoms with E-state index in [-0.39, 0.29) is 11.7 Å². The lowest BCUT2D eigenvalue weighted by Crippen LogP contribution is -2.27. The van der Waals surface area contributed by atoms with Crippen LogP contribution in [0.5, 0.6) is 5.75 Å². The van der Waals surface area contributed by atoms with Gasteiger partial charge in [-0.15, -0.1) is 0 Å². The molecule has 134 valence electrons. The highest BCUT2D eigenvalue weighted by molar-refractivity contribution is 8.27. The minimum atomic E-state index is -0.140. The quantitative estimate of drug-likeness (QED) is 0.601. The van der Waals surface area contributed by atoms with E-state index in [2.05, 4.69) is 18.7 Å². The van der Waals surface area contributed by atoms with Crippen LogP contribution in [0.4, 0.5) is 11.4 Å². The SMILES string of the molecule is CCN(CC)c1ccc(N2C(=O)C(=Cc3cccc(O)c3)SC2=S)cc1. The highest BCUT2D eigenvalue weighted by Crippen LogP contribution is 2.36. The highest BCUT2D eigenvalue weighted by atomic mass is 32.2. The fraction of sp³-hybridized carbons (Fsp3) is 0.200. The molecule has 2 aromatic carbocycles. The van der Waals surface area contributed by atoms with Crippen molar-refractivity contribution in [3.63, 3.8) is 0 Å². The molecule has 2 aromatic rings. The van der Waals surface area contributed by atoms with Gasteiger partial charge in [0.05, 0.1) is 10.6 Å². The number of hydrogen-bond acceptors (Lipinski definition) is 5. The Balaban J connectivity index is 1.85. The zero-order valence-electron chi connectivity index (χ0n) is 14.7. The van der Waals surface area contributed by atoms with Crippen molar-refractivity contribution in [3.05, 3.63) is 59.0 Å². The maximum Gasteiger partial charge on any atom is 0.270 e. The van der Waals surface area contributed by atoms with Crippen molar-refractivity contribution >= 4 is 51.7 Å². The fourth-order valence-corrected chi connectivity index (χ4v) is 4.16. The number of phenols is 1. The van der Waals surface area contributed by atoms with Gasteiger partial charge in [-0.3, -0.25) is 9.69 Å². The van der Waals surface area contributed by atoms with E-state index in [1.54, 1.807) is 29.2 Å². The lowest BCUT2D eigenvalue weighted by molar-refractivity contribution is -0.113. The molecule has 1 aliphatic heterocycles. The normalized spacial score (nSPS) is 15.8. The second-order valence-corrected chi connectivity index (χ2v) is 7.48. The number of thiocarbonyl (C=S) groups is 1. The van der Waals surface area contributed by atoms with Gasteiger partial charge >= 0.3 is 0 Å². The van der Waals surface area contributed by atoms with Crippen LogP contribution in [0.15, 0.2) is 53.4 Å². The van der Waals surface area contributed by atoms with Crippen LogP contribution in [0.25, 0.3) is 6.08 Å². The summed E-state index contributed by atoms with van der Waals surface area (Å²) in [6.07, 6.45) is 1.75.